The van der Waals surface area contributed by atoms with Gasteiger partial charge in [-0.1, -0.05) is 148 Å². The van der Waals surface area contributed by atoms with Crippen LogP contribution in [0, 0.1) is 5.92 Å². The Bertz CT molecular complexity index is 1220. The van der Waals surface area contributed by atoms with Gasteiger partial charge in [-0.05, 0) is 40.4 Å². The molecule has 0 spiro atoms. The van der Waals surface area contributed by atoms with Crippen molar-refractivity contribution in [3.8, 4) is 0 Å². The molecule has 5 heteroatoms. The molecule has 4 atom stereocenters. The highest BCUT2D eigenvalue weighted by Gasteiger charge is 2.65. The molecule has 1 aliphatic heterocycles. The van der Waals surface area contributed by atoms with Crippen LogP contribution in [-0.2, 0) is 30.0 Å². The lowest BCUT2D eigenvalue weighted by Crippen LogP contribution is -2.56. The molecule has 1 saturated heterocycles. The molecule has 42 heavy (non-hydrogen) atoms. The number of benzene rings is 4. The van der Waals surface area contributed by atoms with Gasteiger partial charge in [-0.2, -0.15) is 0 Å². The van der Waals surface area contributed by atoms with Gasteiger partial charge in [-0.25, -0.2) is 0 Å². The first kappa shape index (κ1) is 28.9. The van der Waals surface area contributed by atoms with E-state index in [-0.39, 0.29) is 7.12 Å². The van der Waals surface area contributed by atoms with E-state index in [1.54, 1.807) is 14.2 Å². The van der Waals surface area contributed by atoms with E-state index in [1.165, 1.54) is 19.3 Å². The van der Waals surface area contributed by atoms with Crippen LogP contribution in [0.4, 0.5) is 0 Å². The van der Waals surface area contributed by atoms with Gasteiger partial charge in [0.1, 0.15) is 23.4 Å². The number of hydrogen-bond donors (Lipinski definition) is 0. The molecular weight excluding hydrogens is 519 g/mol. The molecule has 0 unspecified atom stereocenters. The zero-order valence-electron chi connectivity index (χ0n) is 24.9. The van der Waals surface area contributed by atoms with Gasteiger partial charge in [0.25, 0.3) is 0 Å². The molecule has 0 bridgehead atoms. The molecule has 4 aromatic rings. The molecule has 0 radical (unpaired) electrons. The third-order valence-corrected chi connectivity index (χ3v) is 9.35. The Morgan fingerprint density at radius 1 is 0.619 bits per heavy atom. The first-order chi connectivity index (χ1) is 20.7. The summed E-state index contributed by atoms with van der Waals surface area (Å²) in [6.45, 7) is 2.26. The van der Waals surface area contributed by atoms with Crippen molar-refractivity contribution in [1.29, 1.82) is 0 Å². The molecule has 2 aliphatic rings. The van der Waals surface area contributed by atoms with Crippen LogP contribution >= 0.6 is 0 Å². The third-order valence-electron chi connectivity index (χ3n) is 9.35. The molecule has 1 saturated carbocycles. The lowest BCUT2D eigenvalue weighted by Gasteiger charge is -2.47. The van der Waals surface area contributed by atoms with Crippen molar-refractivity contribution in [1.82, 2.24) is 0 Å². The van der Waals surface area contributed by atoms with Gasteiger partial charge < -0.3 is 18.8 Å². The molecule has 4 nitrogen and oxygen atoms in total. The summed E-state index contributed by atoms with van der Waals surface area (Å²) >= 11 is 0. The second-order valence-electron chi connectivity index (χ2n) is 11.6. The number of unbranched alkanes of at least 4 members (excludes halogenated alkanes) is 1. The van der Waals surface area contributed by atoms with Crippen molar-refractivity contribution in [2.24, 2.45) is 5.92 Å². The largest absolute Gasteiger partial charge is 0.461 e. The van der Waals surface area contributed by atoms with Crippen LogP contribution in [-0.4, -0.2) is 33.5 Å². The predicted molar refractivity (Wildman–Crippen MR) is 168 cm³/mol. The maximum Gasteiger partial charge on any atom is 0.461 e. The highest BCUT2D eigenvalue weighted by atomic mass is 16.7. The summed E-state index contributed by atoms with van der Waals surface area (Å²) in [5.41, 5.74) is 2.15. The summed E-state index contributed by atoms with van der Waals surface area (Å²) in [5, 5.41) is 0. The second-order valence-corrected chi connectivity index (χ2v) is 11.6. The van der Waals surface area contributed by atoms with Crippen LogP contribution in [0.5, 0.6) is 0 Å². The minimum Gasteiger partial charge on any atom is -0.402 e. The summed E-state index contributed by atoms with van der Waals surface area (Å²) < 4.78 is 27.8. The van der Waals surface area contributed by atoms with E-state index in [9.17, 15) is 0 Å². The van der Waals surface area contributed by atoms with Crippen molar-refractivity contribution >= 4 is 7.12 Å². The summed E-state index contributed by atoms with van der Waals surface area (Å²) in [6, 6.07) is 41.7. The van der Waals surface area contributed by atoms with Crippen LogP contribution in [0.25, 0.3) is 0 Å². The SMILES string of the molecule is CCCC[C@@H]1C[C@@H]1B1O[C@@H](C(OC)(c2ccccc2)c2ccccc2)[C@H](C(OC)(c2ccccc2)c2ccccc2)O1. The van der Waals surface area contributed by atoms with Crippen molar-refractivity contribution in [2.45, 2.75) is 61.8 Å². The fourth-order valence-corrected chi connectivity index (χ4v) is 7.12. The van der Waals surface area contributed by atoms with E-state index < -0.39 is 23.4 Å². The van der Waals surface area contributed by atoms with Crippen molar-refractivity contribution in [2.75, 3.05) is 14.2 Å². The average Bonchev–Trinajstić information content (AvgIpc) is 3.72. The highest BCUT2D eigenvalue weighted by molar-refractivity contribution is 6.48. The Morgan fingerprint density at radius 2 is 0.976 bits per heavy atom. The Balaban J connectivity index is 1.56. The number of methoxy groups -OCH3 is 2. The van der Waals surface area contributed by atoms with Crippen LogP contribution in [0.2, 0.25) is 5.82 Å². The zero-order valence-corrected chi connectivity index (χ0v) is 24.9. The van der Waals surface area contributed by atoms with Crippen molar-refractivity contribution in [3.63, 3.8) is 0 Å². The fourth-order valence-electron chi connectivity index (χ4n) is 7.12. The normalized spacial score (nSPS) is 22.3. The third kappa shape index (κ3) is 5.03. The van der Waals surface area contributed by atoms with Crippen molar-refractivity contribution < 1.29 is 18.8 Å². The van der Waals surface area contributed by atoms with Crippen LogP contribution in [0.15, 0.2) is 121 Å². The van der Waals surface area contributed by atoms with E-state index in [0.29, 0.717) is 11.7 Å². The van der Waals surface area contributed by atoms with E-state index in [2.05, 4.69) is 104 Å². The van der Waals surface area contributed by atoms with Crippen LogP contribution < -0.4 is 0 Å². The van der Waals surface area contributed by atoms with Gasteiger partial charge in [-0.15, -0.1) is 0 Å². The van der Waals surface area contributed by atoms with Gasteiger partial charge in [-0.3, -0.25) is 0 Å². The average molecular weight is 561 g/mol. The first-order valence-corrected chi connectivity index (χ1v) is 15.3. The molecule has 0 amide bonds. The summed E-state index contributed by atoms with van der Waals surface area (Å²) in [6.07, 6.45) is 3.71. The standard InChI is InChI=1S/C37H41BO4/c1-4-5-18-28-27-33(28)38-41-34(36(39-2,29-19-10-6-11-20-29)30-21-12-7-13-22-30)35(42-38)37(40-3,31-23-14-8-15-24-31)32-25-16-9-17-26-32/h6-17,19-26,28,33-35H,4-5,18,27H2,1-3H3/t28-,33+,34-,35-/m1/s1. The molecule has 4 aromatic carbocycles. The topological polar surface area (TPSA) is 36.9 Å². The molecule has 6 rings (SSSR count). The quantitative estimate of drug-likeness (QED) is 0.165. The van der Waals surface area contributed by atoms with Gasteiger partial charge in [0.2, 0.25) is 0 Å². The Hall–Kier alpha value is -3.22. The Labute approximate surface area is 251 Å². The van der Waals surface area contributed by atoms with Crippen molar-refractivity contribution in [3.05, 3.63) is 144 Å². The van der Waals surface area contributed by atoms with Crippen LogP contribution in [0.3, 0.4) is 0 Å². The maximum atomic E-state index is 7.20. The van der Waals surface area contributed by atoms with Gasteiger partial charge in [0, 0.05) is 14.2 Å². The monoisotopic (exact) mass is 560 g/mol. The maximum absolute atomic E-state index is 7.20. The minimum absolute atomic E-state index is 0.353. The fraction of sp³-hybridized carbons (Fsp3) is 0.351. The highest BCUT2D eigenvalue weighted by Crippen LogP contribution is 2.57. The Morgan fingerprint density at radius 3 is 1.29 bits per heavy atom. The zero-order chi connectivity index (χ0) is 29.0. The Kier molecular flexibility index (Phi) is 8.64. The van der Waals surface area contributed by atoms with E-state index in [0.717, 1.165) is 28.7 Å². The second kappa shape index (κ2) is 12.6. The number of hydrogen-bond acceptors (Lipinski definition) is 4. The number of ether oxygens (including phenoxy) is 2. The minimum atomic E-state index is -0.955. The lowest BCUT2D eigenvalue weighted by atomic mass is 9.71. The lowest BCUT2D eigenvalue weighted by molar-refractivity contribution is -0.136. The summed E-state index contributed by atoms with van der Waals surface area (Å²) in [4.78, 5) is 0. The van der Waals surface area contributed by atoms with Crippen LogP contribution in [0.1, 0.15) is 54.9 Å². The molecule has 216 valence electrons. The molecule has 2 fully saturated rings. The molecule has 1 aliphatic carbocycles. The van der Waals surface area contributed by atoms with Gasteiger partial charge in [0.15, 0.2) is 0 Å². The molecule has 1 heterocycles. The molecular formula is C37H41BO4. The predicted octanol–water partition coefficient (Wildman–Crippen LogP) is 8.02. The smallest absolute Gasteiger partial charge is 0.402 e. The summed E-state index contributed by atoms with van der Waals surface area (Å²) in [5.74, 6) is 0.969. The first-order valence-electron chi connectivity index (χ1n) is 15.3. The summed E-state index contributed by atoms with van der Waals surface area (Å²) in [7, 11) is 3.22. The van der Waals surface area contributed by atoms with Gasteiger partial charge in [0.05, 0.1) is 0 Å². The molecule has 0 N–H and O–H groups in total. The molecule has 0 aromatic heterocycles. The number of rotatable bonds is 12. The van der Waals surface area contributed by atoms with E-state index in [1.807, 2.05) is 24.3 Å². The van der Waals surface area contributed by atoms with E-state index >= 15 is 0 Å². The van der Waals surface area contributed by atoms with Gasteiger partial charge >= 0.3 is 7.12 Å². The van der Waals surface area contributed by atoms with E-state index in [4.69, 9.17) is 18.8 Å².